The summed E-state index contributed by atoms with van der Waals surface area (Å²) in [6.07, 6.45) is 0.593. The van der Waals surface area contributed by atoms with Crippen molar-refractivity contribution in [3.63, 3.8) is 0 Å². The number of carbonyl (C=O) groups excluding carboxylic acids is 2. The van der Waals surface area contributed by atoms with Crippen molar-refractivity contribution < 1.29 is 19.1 Å². The smallest absolute Gasteiger partial charge is 0.428 e. The van der Waals surface area contributed by atoms with Crippen molar-refractivity contribution in [1.29, 1.82) is 0 Å². The molecule has 0 radical (unpaired) electrons. The molecule has 80 valence electrons. The van der Waals surface area contributed by atoms with E-state index >= 15 is 0 Å². The molecule has 0 aromatic heterocycles. The van der Waals surface area contributed by atoms with Crippen LogP contribution in [0.4, 0.5) is 4.79 Å². The summed E-state index contributed by atoms with van der Waals surface area (Å²) < 4.78 is 9.20. The van der Waals surface area contributed by atoms with Crippen molar-refractivity contribution in [2.24, 2.45) is 0 Å². The fourth-order valence-electron chi connectivity index (χ4n) is 0.545. The highest BCUT2D eigenvalue weighted by Crippen LogP contribution is 2.09. The lowest BCUT2D eigenvalue weighted by molar-refractivity contribution is -0.137. The minimum absolute atomic E-state index is 0.371. The van der Waals surface area contributed by atoms with Gasteiger partial charge in [0.05, 0.1) is 0 Å². The summed E-state index contributed by atoms with van der Waals surface area (Å²) in [5, 5.41) is 0. The van der Waals surface area contributed by atoms with Crippen LogP contribution in [0.5, 0.6) is 0 Å². The largest absolute Gasteiger partial charge is 0.516 e. The Morgan fingerprint density at radius 3 is 2.07 bits per heavy atom. The average molecular weight is 200 g/mol. The third-order valence-electron chi connectivity index (χ3n) is 1.32. The van der Waals surface area contributed by atoms with Gasteiger partial charge in [-0.1, -0.05) is 6.08 Å². The maximum atomic E-state index is 11.1. The van der Waals surface area contributed by atoms with E-state index in [1.807, 2.05) is 0 Å². The van der Waals surface area contributed by atoms with Crippen LogP contribution in [0.1, 0.15) is 34.6 Å². The molecule has 0 aliphatic rings. The van der Waals surface area contributed by atoms with E-state index < -0.39 is 17.7 Å². The first-order chi connectivity index (χ1) is 6.26. The molecule has 0 aliphatic carbocycles. The van der Waals surface area contributed by atoms with E-state index in [2.05, 4.69) is 4.74 Å². The molecule has 0 aromatic carbocycles. The van der Waals surface area contributed by atoms with Crippen molar-refractivity contribution in [2.75, 3.05) is 0 Å². The summed E-state index contributed by atoms with van der Waals surface area (Å²) in [5.74, 6) is -0.679. The topological polar surface area (TPSA) is 52.6 Å². The summed E-state index contributed by atoms with van der Waals surface area (Å²) in [5.41, 5.74) is -0.280. The second-order valence-corrected chi connectivity index (χ2v) is 3.83. The quantitative estimate of drug-likeness (QED) is 0.370. The maximum Gasteiger partial charge on any atom is 0.516 e. The van der Waals surface area contributed by atoms with Crippen LogP contribution in [0.25, 0.3) is 0 Å². The van der Waals surface area contributed by atoms with E-state index in [0.717, 1.165) is 0 Å². The standard InChI is InChI=1S/C10H16O4/c1-6-7(2)8(11)13-9(12)14-10(3,4)5/h6H,1-5H3. The molecule has 0 N–H and O–H groups in total. The Labute approximate surface area is 83.9 Å². The van der Waals surface area contributed by atoms with Crippen LogP contribution in [-0.2, 0) is 14.3 Å². The van der Waals surface area contributed by atoms with Crippen molar-refractivity contribution in [3.8, 4) is 0 Å². The lowest BCUT2D eigenvalue weighted by Crippen LogP contribution is -2.26. The number of ether oxygens (including phenoxy) is 2. The summed E-state index contributed by atoms with van der Waals surface area (Å²) in [7, 11) is 0. The number of hydrogen-bond donors (Lipinski definition) is 0. The molecule has 0 bridgehead atoms. The van der Waals surface area contributed by atoms with E-state index in [-0.39, 0.29) is 0 Å². The first-order valence-electron chi connectivity index (χ1n) is 4.34. The average Bonchev–Trinajstić information content (AvgIpc) is 1.99. The van der Waals surface area contributed by atoms with Gasteiger partial charge < -0.3 is 9.47 Å². The highest BCUT2D eigenvalue weighted by molar-refractivity contribution is 5.94. The first kappa shape index (κ1) is 12.7. The molecule has 4 heteroatoms. The molecule has 0 aliphatic heterocycles. The fraction of sp³-hybridized carbons (Fsp3) is 0.600. The molecule has 0 atom stereocenters. The second kappa shape index (κ2) is 4.79. The molecule has 0 unspecified atom stereocenters. The fourth-order valence-corrected chi connectivity index (χ4v) is 0.545. The van der Waals surface area contributed by atoms with Crippen molar-refractivity contribution in [2.45, 2.75) is 40.2 Å². The van der Waals surface area contributed by atoms with Gasteiger partial charge in [0.2, 0.25) is 0 Å². The molecule has 0 amide bonds. The molecule has 0 heterocycles. The lowest BCUT2D eigenvalue weighted by Gasteiger charge is -2.18. The molecular formula is C10H16O4. The molecule has 0 saturated carbocycles. The van der Waals surface area contributed by atoms with Gasteiger partial charge in [-0.05, 0) is 34.6 Å². The van der Waals surface area contributed by atoms with E-state index in [1.54, 1.807) is 40.7 Å². The summed E-state index contributed by atoms with van der Waals surface area (Å²) in [4.78, 5) is 22.1. The zero-order valence-corrected chi connectivity index (χ0v) is 9.21. The van der Waals surface area contributed by atoms with Gasteiger partial charge in [0.1, 0.15) is 5.60 Å². The second-order valence-electron chi connectivity index (χ2n) is 3.83. The van der Waals surface area contributed by atoms with E-state index in [0.29, 0.717) is 5.57 Å². The van der Waals surface area contributed by atoms with Crippen molar-refractivity contribution >= 4 is 12.1 Å². The number of hydrogen-bond acceptors (Lipinski definition) is 4. The predicted octanol–water partition coefficient (Wildman–Crippen LogP) is 2.43. The Hall–Kier alpha value is -1.32. The monoisotopic (exact) mass is 200 g/mol. The molecule has 0 spiro atoms. The summed E-state index contributed by atoms with van der Waals surface area (Å²) in [6.45, 7) is 8.34. The first-order valence-corrected chi connectivity index (χ1v) is 4.34. The van der Waals surface area contributed by atoms with Gasteiger partial charge in [-0.15, -0.1) is 0 Å². The van der Waals surface area contributed by atoms with Crippen molar-refractivity contribution in [3.05, 3.63) is 11.6 Å². The lowest BCUT2D eigenvalue weighted by atomic mass is 10.2. The van der Waals surface area contributed by atoms with Crippen LogP contribution in [0.3, 0.4) is 0 Å². The number of rotatable bonds is 1. The van der Waals surface area contributed by atoms with Gasteiger partial charge in [0.15, 0.2) is 0 Å². The van der Waals surface area contributed by atoms with Gasteiger partial charge >= 0.3 is 12.1 Å². The van der Waals surface area contributed by atoms with Gasteiger partial charge in [0.25, 0.3) is 0 Å². The van der Waals surface area contributed by atoms with Crippen LogP contribution in [-0.4, -0.2) is 17.7 Å². The molecule has 0 aromatic rings. The zero-order chi connectivity index (χ0) is 11.4. The number of esters is 1. The predicted molar refractivity (Wildman–Crippen MR) is 51.8 cm³/mol. The van der Waals surface area contributed by atoms with Crippen LogP contribution in [0.15, 0.2) is 11.6 Å². The summed E-state index contributed by atoms with van der Waals surface area (Å²) >= 11 is 0. The molecule has 4 nitrogen and oxygen atoms in total. The molecule has 0 rings (SSSR count). The SMILES string of the molecule is CC=C(C)C(=O)OC(=O)OC(C)(C)C. The highest BCUT2D eigenvalue weighted by Gasteiger charge is 2.20. The summed E-state index contributed by atoms with van der Waals surface area (Å²) in [6, 6.07) is 0. The molecule has 14 heavy (non-hydrogen) atoms. The van der Waals surface area contributed by atoms with Gasteiger partial charge in [-0.3, -0.25) is 0 Å². The van der Waals surface area contributed by atoms with E-state index in [9.17, 15) is 9.59 Å². The zero-order valence-electron chi connectivity index (χ0n) is 9.21. The molecule has 0 fully saturated rings. The van der Waals surface area contributed by atoms with Gasteiger partial charge in [-0.25, -0.2) is 9.59 Å². The maximum absolute atomic E-state index is 11.1. The van der Waals surface area contributed by atoms with Crippen LogP contribution in [0.2, 0.25) is 0 Å². The molecule has 0 saturated heterocycles. The van der Waals surface area contributed by atoms with Crippen LogP contribution < -0.4 is 0 Å². The Morgan fingerprint density at radius 1 is 1.21 bits per heavy atom. The Morgan fingerprint density at radius 2 is 1.71 bits per heavy atom. The number of allylic oxidation sites excluding steroid dienone is 1. The highest BCUT2D eigenvalue weighted by atomic mass is 16.7. The number of carbonyl (C=O) groups is 2. The Bertz CT molecular complexity index is 258. The minimum atomic E-state index is -0.969. The van der Waals surface area contributed by atoms with E-state index in [4.69, 9.17) is 4.74 Å². The van der Waals surface area contributed by atoms with Gasteiger partial charge in [0, 0.05) is 5.57 Å². The Balaban J connectivity index is 4.15. The third kappa shape index (κ3) is 5.35. The van der Waals surface area contributed by atoms with E-state index in [1.165, 1.54) is 0 Å². The van der Waals surface area contributed by atoms with Crippen LogP contribution >= 0.6 is 0 Å². The third-order valence-corrected chi connectivity index (χ3v) is 1.32. The minimum Gasteiger partial charge on any atom is -0.428 e. The van der Waals surface area contributed by atoms with Crippen molar-refractivity contribution in [1.82, 2.24) is 0 Å². The molecular weight excluding hydrogens is 184 g/mol. The van der Waals surface area contributed by atoms with Gasteiger partial charge in [-0.2, -0.15) is 0 Å². The Kier molecular flexibility index (Phi) is 4.34. The van der Waals surface area contributed by atoms with Crippen LogP contribution in [0, 0.1) is 0 Å². The normalized spacial score (nSPS) is 12.2.